The highest BCUT2D eigenvalue weighted by Crippen LogP contribution is 2.09. The summed E-state index contributed by atoms with van der Waals surface area (Å²) in [6, 6.07) is 0. The van der Waals surface area contributed by atoms with Gasteiger partial charge in [-0.15, -0.1) is 0 Å². The molecule has 14 heavy (non-hydrogen) atoms. The molecule has 0 aromatic carbocycles. The zero-order valence-corrected chi connectivity index (χ0v) is 7.43. The Morgan fingerprint density at radius 3 is 1.71 bits per heavy atom. The van der Waals surface area contributed by atoms with Gasteiger partial charge in [0.15, 0.2) is 0 Å². The van der Waals surface area contributed by atoms with E-state index >= 15 is 0 Å². The lowest BCUT2D eigenvalue weighted by Crippen LogP contribution is -2.37. The third-order valence-corrected chi connectivity index (χ3v) is 1.90. The van der Waals surface area contributed by atoms with Gasteiger partial charge in [-0.05, 0) is 0 Å². The highest BCUT2D eigenvalue weighted by molar-refractivity contribution is 7.85. The van der Waals surface area contributed by atoms with Crippen molar-refractivity contribution in [2.45, 2.75) is 6.10 Å². The third kappa shape index (κ3) is 4.16. The summed E-state index contributed by atoms with van der Waals surface area (Å²) >= 11 is 0. The summed E-state index contributed by atoms with van der Waals surface area (Å²) in [7, 11) is -4.63. The monoisotopic (exact) mass is 227 g/mol. The first-order chi connectivity index (χ1) is 6.15. The van der Waals surface area contributed by atoms with E-state index in [9.17, 15) is 18.0 Å². The minimum absolute atomic E-state index is 1.37. The maximum atomic E-state index is 10.2. The molecule has 0 amide bonds. The highest BCUT2D eigenvalue weighted by Gasteiger charge is 2.37. The van der Waals surface area contributed by atoms with Gasteiger partial charge in [-0.1, -0.05) is 0 Å². The van der Waals surface area contributed by atoms with Gasteiger partial charge in [0.2, 0.25) is 5.92 Å². The summed E-state index contributed by atoms with van der Waals surface area (Å²) in [6.45, 7) is 0. The fourth-order valence-electron chi connectivity index (χ4n) is 0.659. The topological polar surface area (TPSA) is 149 Å². The first-order valence-corrected chi connectivity index (χ1v) is 4.72. The summed E-state index contributed by atoms with van der Waals surface area (Å²) < 4.78 is 28.6. The number of rotatable bonds is 5. The molecule has 4 N–H and O–H groups in total. The van der Waals surface area contributed by atoms with E-state index in [1.54, 1.807) is 0 Å². The van der Waals surface area contributed by atoms with E-state index in [0.29, 0.717) is 0 Å². The Morgan fingerprint density at radius 1 is 1.14 bits per heavy atom. The number of aliphatic carboxylic acids is 2. The molecular weight excluding hydrogens is 220 g/mol. The van der Waals surface area contributed by atoms with E-state index in [-0.39, 0.29) is 0 Å². The molecule has 0 bridgehead atoms. The standard InChI is InChI=1S/C5H7O8S/c6-2(1-14(11,12)13)3(4(7)8)5(9)10/h2,6H,1H2,(H,7,8)(H,9,10)(H,11,12,13). The van der Waals surface area contributed by atoms with E-state index in [0.717, 1.165) is 0 Å². The molecule has 8 nitrogen and oxygen atoms in total. The molecule has 0 aliphatic carbocycles. The van der Waals surface area contributed by atoms with Crippen molar-refractivity contribution in [1.82, 2.24) is 0 Å². The Bertz CT molecular complexity index is 316. The second-order valence-electron chi connectivity index (χ2n) is 2.29. The average molecular weight is 227 g/mol. The van der Waals surface area contributed by atoms with Crippen LogP contribution in [0.3, 0.4) is 0 Å². The Kier molecular flexibility index (Phi) is 3.98. The molecule has 0 aromatic heterocycles. The molecule has 0 aliphatic heterocycles. The summed E-state index contributed by atoms with van der Waals surface area (Å²) in [5.41, 5.74) is 0. The average Bonchev–Trinajstić information content (AvgIpc) is 1.78. The minimum atomic E-state index is -4.63. The van der Waals surface area contributed by atoms with Gasteiger partial charge in [0, 0.05) is 0 Å². The van der Waals surface area contributed by atoms with Crippen molar-refractivity contribution in [3.63, 3.8) is 0 Å². The molecule has 0 aromatic rings. The Hall–Kier alpha value is -1.19. The molecule has 0 saturated heterocycles. The quantitative estimate of drug-likeness (QED) is 0.310. The number of hydrogen-bond acceptors (Lipinski definition) is 5. The van der Waals surface area contributed by atoms with Crippen LogP contribution in [0.25, 0.3) is 0 Å². The highest BCUT2D eigenvalue weighted by atomic mass is 32.2. The van der Waals surface area contributed by atoms with Crippen LogP contribution >= 0.6 is 0 Å². The number of carbonyl (C=O) groups is 2. The van der Waals surface area contributed by atoms with Gasteiger partial charge in [0.1, 0.15) is 5.75 Å². The molecule has 1 unspecified atom stereocenters. The number of aliphatic hydroxyl groups excluding tert-OH is 1. The molecule has 81 valence electrons. The first-order valence-electron chi connectivity index (χ1n) is 3.12. The van der Waals surface area contributed by atoms with Crippen molar-refractivity contribution < 1.29 is 37.9 Å². The largest absolute Gasteiger partial charge is 0.480 e. The first kappa shape index (κ1) is 12.8. The molecule has 9 heteroatoms. The maximum Gasteiger partial charge on any atom is 0.325 e. The van der Waals surface area contributed by atoms with Crippen molar-refractivity contribution in [3.8, 4) is 0 Å². The molecular formula is C5H7O8S. The van der Waals surface area contributed by atoms with Crippen LogP contribution < -0.4 is 0 Å². The van der Waals surface area contributed by atoms with Crippen LogP contribution in [0, 0.1) is 5.92 Å². The fourth-order valence-corrected chi connectivity index (χ4v) is 1.23. The zero-order chi connectivity index (χ0) is 11.5. The third-order valence-electron chi connectivity index (χ3n) is 1.16. The molecule has 0 fully saturated rings. The SMILES string of the molecule is O=C(O)[C](C(=O)O)C(O)CS(=O)(=O)O. The smallest absolute Gasteiger partial charge is 0.325 e. The van der Waals surface area contributed by atoms with E-state index in [1.807, 2.05) is 0 Å². The van der Waals surface area contributed by atoms with E-state index in [2.05, 4.69) is 0 Å². The van der Waals surface area contributed by atoms with Crippen LogP contribution in [-0.2, 0) is 19.7 Å². The van der Waals surface area contributed by atoms with Gasteiger partial charge < -0.3 is 15.3 Å². The normalized spacial score (nSPS) is 13.9. The van der Waals surface area contributed by atoms with Crippen LogP contribution in [-0.4, -0.2) is 52.1 Å². The predicted octanol–water partition coefficient (Wildman–Crippen LogP) is -2.02. The van der Waals surface area contributed by atoms with Crippen LogP contribution in [0.5, 0.6) is 0 Å². The van der Waals surface area contributed by atoms with Gasteiger partial charge in [0.25, 0.3) is 10.1 Å². The Morgan fingerprint density at radius 2 is 1.50 bits per heavy atom. The Balaban J connectivity index is 4.71. The van der Waals surface area contributed by atoms with Crippen LogP contribution in [0.15, 0.2) is 0 Å². The van der Waals surface area contributed by atoms with Crippen LogP contribution in [0.2, 0.25) is 0 Å². The number of aliphatic hydroxyl groups is 1. The minimum Gasteiger partial charge on any atom is -0.480 e. The van der Waals surface area contributed by atoms with Crippen molar-refractivity contribution >= 4 is 22.1 Å². The molecule has 0 heterocycles. The van der Waals surface area contributed by atoms with Gasteiger partial charge in [0.05, 0.1) is 6.10 Å². The second-order valence-corrected chi connectivity index (χ2v) is 3.79. The maximum absolute atomic E-state index is 10.2. The van der Waals surface area contributed by atoms with Crippen molar-refractivity contribution in [2.75, 3.05) is 5.75 Å². The number of carboxylic acids is 2. The Labute approximate surface area is 78.5 Å². The summed E-state index contributed by atoms with van der Waals surface area (Å²) in [5, 5.41) is 25.4. The van der Waals surface area contributed by atoms with Gasteiger partial charge in [-0.2, -0.15) is 8.42 Å². The van der Waals surface area contributed by atoms with Crippen molar-refractivity contribution in [2.24, 2.45) is 0 Å². The number of hydrogen-bond donors (Lipinski definition) is 4. The molecule has 1 radical (unpaired) electrons. The molecule has 1 atom stereocenters. The number of carboxylic acid groups (broad SMARTS) is 2. The van der Waals surface area contributed by atoms with Crippen LogP contribution in [0.1, 0.15) is 0 Å². The zero-order valence-electron chi connectivity index (χ0n) is 6.61. The lowest BCUT2D eigenvalue weighted by Gasteiger charge is -2.11. The fraction of sp³-hybridized carbons (Fsp3) is 0.400. The van der Waals surface area contributed by atoms with Crippen molar-refractivity contribution in [1.29, 1.82) is 0 Å². The molecule has 0 rings (SSSR count). The van der Waals surface area contributed by atoms with Crippen molar-refractivity contribution in [3.05, 3.63) is 5.92 Å². The predicted molar refractivity (Wildman–Crippen MR) is 40.9 cm³/mol. The van der Waals surface area contributed by atoms with Crippen LogP contribution in [0.4, 0.5) is 0 Å². The summed E-state index contributed by atoms with van der Waals surface area (Å²) in [4.78, 5) is 20.4. The second kappa shape index (κ2) is 4.35. The lowest BCUT2D eigenvalue weighted by molar-refractivity contribution is -0.146. The van der Waals surface area contributed by atoms with E-state index < -0.39 is 39.8 Å². The lowest BCUT2D eigenvalue weighted by atomic mass is 10.1. The van der Waals surface area contributed by atoms with Gasteiger partial charge >= 0.3 is 11.9 Å². The summed E-state index contributed by atoms with van der Waals surface area (Å²) in [5.74, 6) is -6.72. The molecule has 0 aliphatic rings. The summed E-state index contributed by atoms with van der Waals surface area (Å²) in [6.07, 6.45) is -2.28. The van der Waals surface area contributed by atoms with Gasteiger partial charge in [-0.25, -0.2) is 0 Å². The van der Waals surface area contributed by atoms with E-state index in [1.165, 1.54) is 0 Å². The van der Waals surface area contributed by atoms with E-state index in [4.69, 9.17) is 19.9 Å². The molecule has 0 spiro atoms. The molecule has 0 saturated carbocycles. The van der Waals surface area contributed by atoms with Gasteiger partial charge in [-0.3, -0.25) is 14.1 Å².